The van der Waals surface area contributed by atoms with Gasteiger partial charge in [-0.1, -0.05) is 67.0 Å². The second-order valence-corrected chi connectivity index (χ2v) is 24.6. The van der Waals surface area contributed by atoms with Gasteiger partial charge in [-0.15, -0.1) is 0 Å². The zero-order valence-corrected chi connectivity index (χ0v) is 43.5. The number of benzene rings is 4. The summed E-state index contributed by atoms with van der Waals surface area (Å²) in [4.78, 5) is 39.4. The van der Waals surface area contributed by atoms with Gasteiger partial charge in [-0.25, -0.2) is 19.5 Å². The number of carbonyl (C=O) groups is 2. The molecule has 8 rings (SSSR count). The third-order valence-corrected chi connectivity index (χ3v) is 18.0. The van der Waals surface area contributed by atoms with E-state index in [1.807, 2.05) is 95.7 Å². The zero-order chi connectivity index (χ0) is 49.4. The molecule has 2 aliphatic heterocycles. The molecule has 3 N–H and O–H groups in total. The highest BCUT2D eigenvalue weighted by atomic mass is 79.9. The molecule has 2 amide bonds. The first-order chi connectivity index (χ1) is 33.7. The van der Waals surface area contributed by atoms with Crippen molar-refractivity contribution in [1.82, 2.24) is 30.0 Å². The van der Waals surface area contributed by atoms with Crippen molar-refractivity contribution in [2.24, 2.45) is 0 Å². The first-order valence-electron chi connectivity index (χ1n) is 23.9. The van der Waals surface area contributed by atoms with E-state index in [1.54, 1.807) is 6.07 Å². The zero-order valence-electron chi connectivity index (χ0n) is 40.9. The Morgan fingerprint density at radius 3 is 2.20 bits per heavy atom. The van der Waals surface area contributed by atoms with E-state index in [1.165, 1.54) is 18.2 Å². The van der Waals surface area contributed by atoms with Crippen molar-refractivity contribution in [3.63, 3.8) is 0 Å². The lowest BCUT2D eigenvalue weighted by Gasteiger charge is -2.36. The number of nitrogens with one attached hydrogen (secondary N) is 1. The van der Waals surface area contributed by atoms with Crippen molar-refractivity contribution in [2.45, 2.75) is 64.7 Å². The Labute approximate surface area is 419 Å². The monoisotopic (exact) mass is 1030 g/mol. The summed E-state index contributed by atoms with van der Waals surface area (Å²) in [5.41, 5.74) is 11.9. The number of aromatic nitrogens is 4. The number of nitrogen functional groups attached to an aromatic ring is 1. The first-order valence-corrected chi connectivity index (χ1v) is 27.6. The highest BCUT2D eigenvalue weighted by Crippen LogP contribution is 2.43. The van der Waals surface area contributed by atoms with Crippen molar-refractivity contribution in [2.75, 3.05) is 76.5 Å². The molecule has 4 aromatic carbocycles. The van der Waals surface area contributed by atoms with Crippen molar-refractivity contribution in [1.29, 1.82) is 0 Å². The molecule has 2 aromatic heterocycles. The number of fused-ring (bicyclic) bond motifs is 2. The molecule has 4 heterocycles. The van der Waals surface area contributed by atoms with E-state index < -0.39 is 8.32 Å². The van der Waals surface area contributed by atoms with Crippen LogP contribution in [0.4, 0.5) is 11.5 Å². The average molecular weight is 1030 g/mol. The molecule has 1 fully saturated rings. The van der Waals surface area contributed by atoms with Crippen molar-refractivity contribution >= 4 is 69.9 Å². The van der Waals surface area contributed by atoms with E-state index >= 15 is 0 Å². The van der Waals surface area contributed by atoms with E-state index in [0.29, 0.717) is 74.5 Å². The molecule has 70 heavy (non-hydrogen) atoms. The second-order valence-electron chi connectivity index (χ2n) is 19.0. The van der Waals surface area contributed by atoms with Crippen LogP contribution < -0.4 is 25.1 Å². The summed E-state index contributed by atoms with van der Waals surface area (Å²) in [7, 11) is -2.15. The Bertz CT molecular complexity index is 2810. The van der Waals surface area contributed by atoms with Crippen LogP contribution in [-0.2, 0) is 23.8 Å². The van der Waals surface area contributed by atoms with Crippen LogP contribution in [0.25, 0.3) is 33.6 Å². The Morgan fingerprint density at radius 2 is 1.50 bits per heavy atom. The van der Waals surface area contributed by atoms with Gasteiger partial charge < -0.3 is 39.3 Å². The molecule has 2 aliphatic rings. The Morgan fingerprint density at radius 1 is 0.829 bits per heavy atom. The SMILES string of the molecule is CC(=O)N1C(=O)/C(=C(\NCCOCCOCCOCCN2CCC(n3nc(-c4ccc(Oc5ccccc5)cc4)c4c(N)ncnc43)CC2)c2cccc(O[Si](C)(C)C(C)(C)C)c2)c2cc(Br)ccc21. The van der Waals surface area contributed by atoms with Crippen LogP contribution in [0, 0.1) is 0 Å². The van der Waals surface area contributed by atoms with Gasteiger partial charge in [0, 0.05) is 54.3 Å². The van der Waals surface area contributed by atoms with Crippen LogP contribution in [0.5, 0.6) is 17.2 Å². The number of hydrogen-bond acceptors (Lipinski definition) is 13. The quantitative estimate of drug-likeness (QED) is 0.0422. The summed E-state index contributed by atoms with van der Waals surface area (Å²) in [5.74, 6) is 1.92. The maximum Gasteiger partial charge on any atom is 0.267 e. The number of nitrogens with zero attached hydrogens (tertiary/aromatic N) is 6. The predicted molar refractivity (Wildman–Crippen MR) is 280 cm³/mol. The van der Waals surface area contributed by atoms with E-state index in [0.717, 1.165) is 82.1 Å². The third-order valence-electron chi connectivity index (χ3n) is 13.1. The molecule has 0 aliphatic carbocycles. The van der Waals surface area contributed by atoms with Crippen molar-refractivity contribution in [3.8, 4) is 28.5 Å². The van der Waals surface area contributed by atoms with Crippen LogP contribution in [0.1, 0.15) is 57.7 Å². The van der Waals surface area contributed by atoms with E-state index in [-0.39, 0.29) is 22.9 Å². The molecule has 6 aromatic rings. The normalized spacial score (nSPS) is 15.4. The summed E-state index contributed by atoms with van der Waals surface area (Å²) >= 11 is 3.57. The van der Waals surface area contributed by atoms with Gasteiger partial charge in [-0.3, -0.25) is 9.59 Å². The Kier molecular flexibility index (Phi) is 16.2. The van der Waals surface area contributed by atoms with E-state index in [4.69, 9.17) is 34.2 Å². The van der Waals surface area contributed by atoms with Crippen molar-refractivity contribution in [3.05, 3.63) is 119 Å². The number of rotatable bonds is 20. The lowest BCUT2D eigenvalue weighted by atomic mass is 10.00. The number of carbonyl (C=O) groups excluding carboxylic acids is 2. The Hall–Kier alpha value is -5.95. The molecule has 17 heteroatoms. The topological polar surface area (TPSA) is 168 Å². The molecule has 0 saturated carbocycles. The minimum atomic E-state index is -2.15. The minimum absolute atomic E-state index is 0.000492. The first kappa shape index (κ1) is 50.4. The fourth-order valence-electron chi connectivity index (χ4n) is 8.42. The van der Waals surface area contributed by atoms with Gasteiger partial charge in [-0.2, -0.15) is 5.10 Å². The molecule has 0 radical (unpaired) electrons. The molecule has 368 valence electrons. The van der Waals surface area contributed by atoms with Crippen LogP contribution in [0.15, 0.2) is 108 Å². The largest absolute Gasteiger partial charge is 0.543 e. The minimum Gasteiger partial charge on any atom is -0.543 e. The molecule has 0 spiro atoms. The van der Waals surface area contributed by atoms with Crippen LogP contribution in [-0.4, -0.2) is 111 Å². The number of imide groups is 1. The summed E-state index contributed by atoms with van der Waals surface area (Å²) in [6.45, 7) is 18.2. The maximum absolute atomic E-state index is 14.0. The van der Waals surface area contributed by atoms with Crippen LogP contribution in [0.3, 0.4) is 0 Å². The van der Waals surface area contributed by atoms with Crippen LogP contribution >= 0.6 is 15.9 Å². The second kappa shape index (κ2) is 22.4. The predicted octanol–water partition coefficient (Wildman–Crippen LogP) is 9.75. The summed E-state index contributed by atoms with van der Waals surface area (Å²) in [6.07, 6.45) is 3.35. The molecule has 1 saturated heterocycles. The number of anilines is 2. The average Bonchev–Trinajstić information content (AvgIpc) is 3.86. The van der Waals surface area contributed by atoms with E-state index in [2.05, 4.69) is 70.0 Å². The number of halogens is 1. The highest BCUT2D eigenvalue weighted by Gasteiger charge is 2.40. The summed E-state index contributed by atoms with van der Waals surface area (Å²) < 4.78 is 33.2. The smallest absolute Gasteiger partial charge is 0.267 e. The molecule has 0 atom stereocenters. The van der Waals surface area contributed by atoms with Crippen molar-refractivity contribution < 1.29 is 33.0 Å². The standard InChI is InChI=1S/C53H63BrN8O7Si/c1-36(63)61-45-20-17-39(54)34-44(45)46(52(61)64)48(38-11-10-14-43(33-38)69-70(5,6)53(2,3)4)56-23-27-65-29-31-67-32-30-66-28-26-60-24-21-40(22-25-60)62-51-47(50(55)57-35-58-51)49(59-62)37-15-18-42(19-16-37)68-41-12-8-7-9-13-41/h7-20,33-35,40,56H,21-32H2,1-6H3,(H2,55,57,58)/b48-46-. The Balaban J connectivity index is 0.772. The highest BCUT2D eigenvalue weighted by molar-refractivity contribution is 9.10. The number of piperidine rings is 1. The van der Waals surface area contributed by atoms with E-state index in [9.17, 15) is 9.59 Å². The molecule has 15 nitrogen and oxygen atoms in total. The van der Waals surface area contributed by atoms with Gasteiger partial charge in [0.15, 0.2) is 5.65 Å². The van der Waals surface area contributed by atoms with Gasteiger partial charge in [0.1, 0.15) is 35.1 Å². The van der Waals surface area contributed by atoms with Gasteiger partial charge in [-0.05, 0) is 97.7 Å². The number of hydrogen-bond donors (Lipinski definition) is 2. The van der Waals surface area contributed by atoms with Gasteiger partial charge in [0.05, 0.1) is 68.0 Å². The number of likely N-dealkylation sites (tertiary alicyclic amines) is 1. The molecule has 0 bridgehead atoms. The molecular weight excluding hydrogens is 969 g/mol. The van der Waals surface area contributed by atoms with Crippen LogP contribution in [0.2, 0.25) is 18.1 Å². The molecule has 0 unspecified atom stereocenters. The fourth-order valence-corrected chi connectivity index (χ4v) is 9.80. The van der Waals surface area contributed by atoms with Gasteiger partial charge in [0.2, 0.25) is 14.2 Å². The summed E-state index contributed by atoms with van der Waals surface area (Å²) in [6, 6.07) is 31.0. The maximum atomic E-state index is 14.0. The number of ether oxygens (including phenoxy) is 4. The number of amides is 2. The number of para-hydroxylation sites is 1. The lowest BCUT2D eigenvalue weighted by molar-refractivity contribution is -0.122. The number of nitrogens with two attached hydrogens (primary N) is 1. The van der Waals surface area contributed by atoms with Gasteiger partial charge in [0.25, 0.3) is 5.91 Å². The fraction of sp³-hybridized carbons (Fsp3) is 0.377. The van der Waals surface area contributed by atoms with Gasteiger partial charge >= 0.3 is 0 Å². The third kappa shape index (κ3) is 11.8. The summed E-state index contributed by atoms with van der Waals surface area (Å²) in [5, 5.41) is 9.33. The molecular formula is C53H63BrN8O7Si. The lowest BCUT2D eigenvalue weighted by Crippen LogP contribution is -2.43.